The van der Waals surface area contributed by atoms with E-state index >= 15 is 0 Å². The zero-order valence-corrected chi connectivity index (χ0v) is 11.2. The fourth-order valence-electron chi connectivity index (χ4n) is 1.92. The maximum atomic E-state index is 4.45. The molecule has 0 aliphatic heterocycles. The van der Waals surface area contributed by atoms with E-state index < -0.39 is 0 Å². The first-order valence-electron chi connectivity index (χ1n) is 5.97. The van der Waals surface area contributed by atoms with E-state index in [-0.39, 0.29) is 0 Å². The predicted octanol–water partition coefficient (Wildman–Crippen LogP) is 1.97. The molecule has 0 saturated heterocycles. The molecule has 0 radical (unpaired) electrons. The highest BCUT2D eigenvalue weighted by Gasteiger charge is 2.41. The summed E-state index contributed by atoms with van der Waals surface area (Å²) in [6.45, 7) is 4.21. The Morgan fingerprint density at radius 1 is 1.56 bits per heavy atom. The molecule has 0 bridgehead atoms. The number of hydrogen-bond acceptors (Lipinski definition) is 3. The van der Waals surface area contributed by atoms with Crippen LogP contribution in [0.3, 0.4) is 0 Å². The normalized spacial score (nSPS) is 17.7. The van der Waals surface area contributed by atoms with E-state index in [0.717, 1.165) is 19.5 Å². The molecule has 0 atom stereocenters. The van der Waals surface area contributed by atoms with Crippen molar-refractivity contribution in [2.45, 2.75) is 37.5 Å². The second-order valence-electron chi connectivity index (χ2n) is 4.59. The van der Waals surface area contributed by atoms with Crippen LogP contribution in [0.1, 0.15) is 31.2 Å². The van der Waals surface area contributed by atoms with Crippen molar-refractivity contribution in [1.29, 1.82) is 0 Å². The van der Waals surface area contributed by atoms with Gasteiger partial charge in [0.05, 0.1) is 11.4 Å². The second kappa shape index (κ2) is 4.80. The quantitative estimate of drug-likeness (QED) is 0.823. The summed E-state index contributed by atoms with van der Waals surface area (Å²) in [4.78, 5) is 0. The fraction of sp³-hybridized carbons (Fsp3) is 0.750. The van der Waals surface area contributed by atoms with Gasteiger partial charge in [-0.2, -0.15) is 16.9 Å². The molecule has 1 aromatic heterocycles. The first-order chi connectivity index (χ1) is 7.69. The first-order valence-corrected chi connectivity index (χ1v) is 7.19. The summed E-state index contributed by atoms with van der Waals surface area (Å²) in [6.07, 6.45) is 5.97. The molecule has 1 aromatic rings. The highest BCUT2D eigenvalue weighted by atomic mass is 32.2. The van der Waals surface area contributed by atoms with Gasteiger partial charge in [0, 0.05) is 24.9 Å². The maximum absolute atomic E-state index is 4.45. The zero-order valence-electron chi connectivity index (χ0n) is 10.4. The third kappa shape index (κ3) is 2.61. The largest absolute Gasteiger partial charge is 0.310 e. The van der Waals surface area contributed by atoms with Gasteiger partial charge in [-0.3, -0.25) is 4.68 Å². The minimum absolute atomic E-state index is 0.548. The molecule has 3 nitrogen and oxygen atoms in total. The van der Waals surface area contributed by atoms with Gasteiger partial charge in [0.25, 0.3) is 0 Å². The van der Waals surface area contributed by atoms with Crippen molar-refractivity contribution in [2.24, 2.45) is 7.05 Å². The van der Waals surface area contributed by atoms with E-state index in [1.165, 1.54) is 24.2 Å². The molecule has 1 N–H and O–H groups in total. The van der Waals surface area contributed by atoms with Gasteiger partial charge in [-0.1, -0.05) is 6.92 Å². The van der Waals surface area contributed by atoms with E-state index in [1.807, 2.05) is 23.5 Å². The summed E-state index contributed by atoms with van der Waals surface area (Å²) in [5, 5.41) is 8.00. The lowest BCUT2D eigenvalue weighted by molar-refractivity contribution is 0.611. The molecule has 1 aliphatic carbocycles. The molecule has 2 rings (SSSR count). The molecule has 0 unspecified atom stereocenters. The van der Waals surface area contributed by atoms with Crippen molar-refractivity contribution in [3.63, 3.8) is 0 Å². The lowest BCUT2D eigenvalue weighted by atomic mass is 10.3. The van der Waals surface area contributed by atoms with Crippen LogP contribution < -0.4 is 5.32 Å². The zero-order chi connectivity index (χ0) is 11.6. The van der Waals surface area contributed by atoms with Crippen molar-refractivity contribution in [3.8, 4) is 0 Å². The van der Waals surface area contributed by atoms with Crippen LogP contribution in [0.4, 0.5) is 0 Å². The van der Waals surface area contributed by atoms with Gasteiger partial charge in [0.15, 0.2) is 0 Å². The molecular weight excluding hydrogens is 218 g/mol. The van der Waals surface area contributed by atoms with Crippen LogP contribution in [-0.4, -0.2) is 27.3 Å². The Morgan fingerprint density at radius 3 is 2.81 bits per heavy atom. The van der Waals surface area contributed by atoms with E-state index in [1.54, 1.807) is 0 Å². The third-order valence-electron chi connectivity index (χ3n) is 3.38. The number of aryl methyl sites for hydroxylation is 2. The monoisotopic (exact) mass is 239 g/mol. The molecule has 0 amide bonds. The van der Waals surface area contributed by atoms with Crippen molar-refractivity contribution in [3.05, 3.63) is 17.5 Å². The standard InChI is InChI=1S/C12H21N3S/c1-4-10-7-11(15(2)14-10)8-13-9-12(16-3)5-6-12/h7,13H,4-6,8-9H2,1-3H3. The lowest BCUT2D eigenvalue weighted by Gasteiger charge is -2.12. The smallest absolute Gasteiger partial charge is 0.0625 e. The molecule has 1 heterocycles. The summed E-state index contributed by atoms with van der Waals surface area (Å²) in [6, 6.07) is 2.20. The van der Waals surface area contributed by atoms with Gasteiger partial charge >= 0.3 is 0 Å². The SMILES string of the molecule is CCc1cc(CNCC2(SC)CC2)n(C)n1. The van der Waals surface area contributed by atoms with Gasteiger partial charge in [0.2, 0.25) is 0 Å². The maximum Gasteiger partial charge on any atom is 0.0625 e. The molecule has 1 saturated carbocycles. The van der Waals surface area contributed by atoms with E-state index in [9.17, 15) is 0 Å². The average molecular weight is 239 g/mol. The lowest BCUT2D eigenvalue weighted by Crippen LogP contribution is -2.26. The van der Waals surface area contributed by atoms with Gasteiger partial charge in [-0.25, -0.2) is 0 Å². The Hall–Kier alpha value is -0.480. The molecule has 0 aromatic carbocycles. The highest BCUT2D eigenvalue weighted by molar-refractivity contribution is 8.00. The van der Waals surface area contributed by atoms with Crippen molar-refractivity contribution in [1.82, 2.24) is 15.1 Å². The van der Waals surface area contributed by atoms with Crippen molar-refractivity contribution in [2.75, 3.05) is 12.8 Å². The summed E-state index contributed by atoms with van der Waals surface area (Å²) in [7, 11) is 2.03. The molecule has 1 aliphatic rings. The average Bonchev–Trinajstić information content (AvgIpc) is 2.98. The first kappa shape index (κ1) is 12.0. The fourth-order valence-corrected chi connectivity index (χ4v) is 2.68. The molecular formula is C12H21N3S. The van der Waals surface area contributed by atoms with E-state index in [4.69, 9.17) is 0 Å². The Labute approximate surface area is 102 Å². The minimum Gasteiger partial charge on any atom is -0.310 e. The van der Waals surface area contributed by atoms with Gasteiger partial charge < -0.3 is 5.32 Å². The van der Waals surface area contributed by atoms with Crippen LogP contribution in [0.5, 0.6) is 0 Å². The Balaban J connectivity index is 1.82. The van der Waals surface area contributed by atoms with Gasteiger partial charge in [-0.15, -0.1) is 0 Å². The van der Waals surface area contributed by atoms with E-state index in [2.05, 4.69) is 29.7 Å². The number of rotatable bonds is 6. The minimum atomic E-state index is 0.548. The molecule has 0 spiro atoms. The molecule has 4 heteroatoms. The summed E-state index contributed by atoms with van der Waals surface area (Å²) in [5.41, 5.74) is 2.47. The van der Waals surface area contributed by atoms with Crippen LogP contribution in [0, 0.1) is 0 Å². The number of thioether (sulfide) groups is 1. The summed E-state index contributed by atoms with van der Waals surface area (Å²) >= 11 is 2.00. The van der Waals surface area contributed by atoms with Crippen LogP contribution in [-0.2, 0) is 20.0 Å². The molecule has 90 valence electrons. The number of nitrogens with one attached hydrogen (secondary N) is 1. The van der Waals surface area contributed by atoms with Crippen LogP contribution in [0.25, 0.3) is 0 Å². The van der Waals surface area contributed by atoms with Crippen LogP contribution in [0.2, 0.25) is 0 Å². The Morgan fingerprint density at radius 2 is 2.31 bits per heavy atom. The highest BCUT2D eigenvalue weighted by Crippen LogP contribution is 2.46. The number of hydrogen-bond donors (Lipinski definition) is 1. The molecule has 1 fully saturated rings. The summed E-state index contributed by atoms with van der Waals surface area (Å²) < 4.78 is 2.54. The number of aromatic nitrogens is 2. The second-order valence-corrected chi connectivity index (χ2v) is 5.87. The van der Waals surface area contributed by atoms with Crippen LogP contribution in [0.15, 0.2) is 6.07 Å². The van der Waals surface area contributed by atoms with Gasteiger partial charge in [-0.05, 0) is 31.6 Å². The van der Waals surface area contributed by atoms with Crippen molar-refractivity contribution < 1.29 is 0 Å². The molecule has 16 heavy (non-hydrogen) atoms. The van der Waals surface area contributed by atoms with Gasteiger partial charge in [0.1, 0.15) is 0 Å². The number of nitrogens with zero attached hydrogens (tertiary/aromatic N) is 2. The Bertz CT molecular complexity index is 355. The third-order valence-corrected chi connectivity index (χ3v) is 4.80. The Kier molecular flexibility index (Phi) is 3.60. The van der Waals surface area contributed by atoms with E-state index in [0.29, 0.717) is 4.75 Å². The predicted molar refractivity (Wildman–Crippen MR) is 69.8 cm³/mol. The topological polar surface area (TPSA) is 29.9 Å². The summed E-state index contributed by atoms with van der Waals surface area (Å²) in [5.74, 6) is 0. The van der Waals surface area contributed by atoms with Crippen LogP contribution >= 0.6 is 11.8 Å². The van der Waals surface area contributed by atoms with Crippen molar-refractivity contribution >= 4 is 11.8 Å².